The third kappa shape index (κ3) is 4.72. The summed E-state index contributed by atoms with van der Waals surface area (Å²) in [5.41, 5.74) is 2.63. The minimum atomic E-state index is -0.323. The van der Waals surface area contributed by atoms with Gasteiger partial charge in [-0.1, -0.05) is 26.8 Å². The highest BCUT2D eigenvalue weighted by Crippen LogP contribution is 2.48. The Morgan fingerprint density at radius 1 is 1.27 bits per heavy atom. The van der Waals surface area contributed by atoms with Crippen LogP contribution in [-0.4, -0.2) is 43.2 Å². The Hall–Kier alpha value is -1.46. The van der Waals surface area contributed by atoms with E-state index in [1.807, 2.05) is 6.07 Å². The molecule has 1 aromatic rings. The predicted octanol–water partition coefficient (Wildman–Crippen LogP) is 4.97. The standard InChI is InChI=1S/C25H37FN2O2.H2/c1-24(2,3)10-13-28-14-11-25(12-15-28)9-8-21(19-7-6-18(26)17-20(19)25)27-23(29)22-5-4-16-30-22;/h6-7,17,21-22H,4-5,8-16H2,1-3H3,(H,27,29);1H/t21-,22?;/m1./s1. The van der Waals surface area contributed by atoms with Crippen LogP contribution in [0.4, 0.5) is 4.39 Å². The molecule has 4 rings (SSSR count). The molecule has 1 aliphatic carbocycles. The molecule has 0 aromatic heterocycles. The molecule has 0 saturated carbocycles. The number of hydrogen-bond donors (Lipinski definition) is 1. The molecule has 2 heterocycles. The van der Waals surface area contributed by atoms with E-state index < -0.39 is 0 Å². The van der Waals surface area contributed by atoms with Crippen molar-refractivity contribution in [3.05, 3.63) is 35.1 Å². The van der Waals surface area contributed by atoms with Gasteiger partial charge < -0.3 is 15.0 Å². The van der Waals surface area contributed by atoms with E-state index in [1.165, 1.54) is 6.42 Å². The first-order valence-corrected chi connectivity index (χ1v) is 11.7. The topological polar surface area (TPSA) is 41.6 Å². The van der Waals surface area contributed by atoms with Crippen molar-refractivity contribution in [1.29, 1.82) is 0 Å². The molecule has 1 N–H and O–H groups in total. The lowest BCUT2D eigenvalue weighted by atomic mass is 9.63. The smallest absolute Gasteiger partial charge is 0.249 e. The number of likely N-dealkylation sites (tertiary alicyclic amines) is 1. The van der Waals surface area contributed by atoms with Crippen molar-refractivity contribution >= 4 is 5.91 Å². The van der Waals surface area contributed by atoms with Gasteiger partial charge in [-0.25, -0.2) is 4.39 Å². The number of nitrogens with one attached hydrogen (secondary N) is 1. The summed E-state index contributed by atoms with van der Waals surface area (Å²) in [5.74, 6) is -0.185. The summed E-state index contributed by atoms with van der Waals surface area (Å²) in [6.45, 7) is 10.8. The summed E-state index contributed by atoms with van der Waals surface area (Å²) in [6, 6.07) is 5.14. The van der Waals surface area contributed by atoms with Crippen molar-refractivity contribution in [2.75, 3.05) is 26.2 Å². The van der Waals surface area contributed by atoms with Crippen LogP contribution in [0.5, 0.6) is 0 Å². The van der Waals surface area contributed by atoms with Crippen molar-refractivity contribution in [2.45, 2.75) is 83.3 Å². The van der Waals surface area contributed by atoms with Crippen LogP contribution in [0.15, 0.2) is 18.2 Å². The van der Waals surface area contributed by atoms with E-state index in [1.54, 1.807) is 12.1 Å². The number of fused-ring (bicyclic) bond motifs is 2. The Bertz CT molecular complexity index is 765. The molecule has 2 saturated heterocycles. The summed E-state index contributed by atoms with van der Waals surface area (Å²) in [5, 5.41) is 3.21. The number of benzene rings is 1. The van der Waals surface area contributed by atoms with E-state index in [4.69, 9.17) is 4.74 Å². The van der Waals surface area contributed by atoms with Crippen LogP contribution in [0.3, 0.4) is 0 Å². The summed E-state index contributed by atoms with van der Waals surface area (Å²) < 4.78 is 19.8. The van der Waals surface area contributed by atoms with E-state index in [9.17, 15) is 9.18 Å². The Morgan fingerprint density at radius 3 is 2.70 bits per heavy atom. The van der Waals surface area contributed by atoms with E-state index >= 15 is 0 Å². The number of carbonyl (C=O) groups is 1. The molecule has 5 heteroatoms. The van der Waals surface area contributed by atoms with Crippen LogP contribution in [0.2, 0.25) is 0 Å². The van der Waals surface area contributed by atoms with Crippen LogP contribution >= 0.6 is 0 Å². The molecule has 168 valence electrons. The number of nitrogens with zero attached hydrogens (tertiary/aromatic N) is 1. The van der Waals surface area contributed by atoms with Crippen molar-refractivity contribution in [1.82, 2.24) is 10.2 Å². The number of carbonyl (C=O) groups excluding carboxylic acids is 1. The molecule has 0 bridgehead atoms. The highest BCUT2D eigenvalue weighted by molar-refractivity contribution is 5.81. The molecule has 1 spiro atoms. The molecule has 4 nitrogen and oxygen atoms in total. The quantitative estimate of drug-likeness (QED) is 0.750. The van der Waals surface area contributed by atoms with Gasteiger partial charge in [-0.2, -0.15) is 0 Å². The SMILES string of the molecule is CC(C)(C)CCN1CCC2(CC[C@@H](NC(=O)C3CCCO3)c3ccc(F)cc32)CC1.[HH]. The van der Waals surface area contributed by atoms with Gasteiger partial charge in [0.2, 0.25) is 5.91 Å². The first-order chi connectivity index (χ1) is 14.3. The Morgan fingerprint density at radius 2 is 2.03 bits per heavy atom. The maximum Gasteiger partial charge on any atom is 0.249 e. The molecule has 30 heavy (non-hydrogen) atoms. The Balaban J connectivity index is 0.00000272. The van der Waals surface area contributed by atoms with Gasteiger partial charge in [-0.3, -0.25) is 4.79 Å². The van der Waals surface area contributed by atoms with Gasteiger partial charge in [0.1, 0.15) is 11.9 Å². The summed E-state index contributed by atoms with van der Waals surface area (Å²) in [7, 11) is 0. The number of amides is 1. The molecule has 2 atom stereocenters. The van der Waals surface area contributed by atoms with E-state index in [0.717, 1.165) is 69.3 Å². The molecule has 2 aliphatic heterocycles. The van der Waals surface area contributed by atoms with Gasteiger partial charge in [0.25, 0.3) is 0 Å². The van der Waals surface area contributed by atoms with Crippen LogP contribution in [0.1, 0.15) is 84.3 Å². The first-order valence-electron chi connectivity index (χ1n) is 11.7. The minimum Gasteiger partial charge on any atom is -0.368 e. The van der Waals surface area contributed by atoms with Crippen LogP contribution < -0.4 is 5.32 Å². The largest absolute Gasteiger partial charge is 0.368 e. The summed E-state index contributed by atoms with van der Waals surface area (Å²) >= 11 is 0. The molecule has 1 aromatic carbocycles. The van der Waals surface area contributed by atoms with Gasteiger partial charge >= 0.3 is 0 Å². The minimum absolute atomic E-state index is 0. The molecule has 0 radical (unpaired) electrons. The van der Waals surface area contributed by atoms with Gasteiger partial charge in [0.15, 0.2) is 0 Å². The fraction of sp³-hybridized carbons (Fsp3) is 0.720. The lowest BCUT2D eigenvalue weighted by Gasteiger charge is -2.47. The molecular weight excluding hydrogens is 379 g/mol. The highest BCUT2D eigenvalue weighted by Gasteiger charge is 2.43. The maximum absolute atomic E-state index is 14.3. The fourth-order valence-electron chi connectivity index (χ4n) is 5.42. The third-order valence-electron chi connectivity index (χ3n) is 7.40. The number of ether oxygens (including phenoxy) is 1. The predicted molar refractivity (Wildman–Crippen MR) is 119 cm³/mol. The van der Waals surface area contributed by atoms with Crippen molar-refractivity contribution < 1.29 is 15.3 Å². The van der Waals surface area contributed by atoms with Crippen molar-refractivity contribution in [3.8, 4) is 0 Å². The van der Waals surface area contributed by atoms with Gasteiger partial charge in [-0.05, 0) is 98.7 Å². The third-order valence-corrected chi connectivity index (χ3v) is 7.40. The number of piperidine rings is 1. The van der Waals surface area contributed by atoms with Gasteiger partial charge in [0.05, 0.1) is 6.04 Å². The maximum atomic E-state index is 14.3. The number of hydrogen-bond acceptors (Lipinski definition) is 3. The molecule has 3 aliphatic rings. The average molecular weight is 419 g/mol. The van der Waals surface area contributed by atoms with E-state index in [-0.39, 0.29) is 30.7 Å². The van der Waals surface area contributed by atoms with Crippen LogP contribution in [0, 0.1) is 11.2 Å². The average Bonchev–Trinajstić information content (AvgIpc) is 3.24. The van der Waals surface area contributed by atoms with Gasteiger partial charge in [0, 0.05) is 8.03 Å². The zero-order valence-corrected chi connectivity index (χ0v) is 18.8. The van der Waals surface area contributed by atoms with Crippen molar-refractivity contribution in [3.63, 3.8) is 0 Å². The Kier molecular flexibility index (Phi) is 6.23. The first kappa shape index (κ1) is 21.8. The summed E-state index contributed by atoms with van der Waals surface area (Å²) in [6.07, 6.45) is 6.67. The molecule has 1 amide bonds. The summed E-state index contributed by atoms with van der Waals surface area (Å²) in [4.78, 5) is 15.2. The number of halogens is 1. The fourth-order valence-corrected chi connectivity index (χ4v) is 5.42. The molecule has 1 unspecified atom stereocenters. The second-order valence-electron chi connectivity index (χ2n) is 10.8. The monoisotopic (exact) mass is 418 g/mol. The molecular formula is C25H39FN2O2. The van der Waals surface area contributed by atoms with Crippen LogP contribution in [0.25, 0.3) is 0 Å². The van der Waals surface area contributed by atoms with Crippen LogP contribution in [-0.2, 0) is 14.9 Å². The Labute approximate surface area is 182 Å². The lowest BCUT2D eigenvalue weighted by molar-refractivity contribution is -0.131. The number of rotatable bonds is 4. The second-order valence-corrected chi connectivity index (χ2v) is 10.8. The van der Waals surface area contributed by atoms with Gasteiger partial charge in [-0.15, -0.1) is 0 Å². The highest BCUT2D eigenvalue weighted by atomic mass is 19.1. The normalized spacial score (nSPS) is 26.5. The van der Waals surface area contributed by atoms with E-state index in [0.29, 0.717) is 12.0 Å². The lowest BCUT2D eigenvalue weighted by Crippen LogP contribution is -2.47. The van der Waals surface area contributed by atoms with Crippen molar-refractivity contribution in [2.24, 2.45) is 5.41 Å². The molecule has 2 fully saturated rings. The zero-order chi connectivity index (χ0) is 21.4. The second kappa shape index (κ2) is 8.58. The van der Waals surface area contributed by atoms with E-state index in [2.05, 4.69) is 31.0 Å². The zero-order valence-electron chi connectivity index (χ0n) is 18.8.